The minimum atomic E-state index is -4.66. The summed E-state index contributed by atoms with van der Waals surface area (Å²) >= 11 is 0. The number of H-pyrrole nitrogens is 1. The highest BCUT2D eigenvalue weighted by molar-refractivity contribution is 5.69. The van der Waals surface area contributed by atoms with E-state index in [1.165, 1.54) is 12.3 Å². The Hall–Kier alpha value is -2.63. The fourth-order valence-corrected chi connectivity index (χ4v) is 2.45. The van der Waals surface area contributed by atoms with E-state index in [1.54, 1.807) is 30.3 Å². The van der Waals surface area contributed by atoms with Crippen LogP contribution in [0.1, 0.15) is 34.6 Å². The van der Waals surface area contributed by atoms with Crippen LogP contribution in [-0.4, -0.2) is 15.2 Å². The highest BCUT2D eigenvalue weighted by Gasteiger charge is 2.33. The monoisotopic (exact) mass is 352 g/mol. The summed E-state index contributed by atoms with van der Waals surface area (Å²) < 4.78 is 93.2. The van der Waals surface area contributed by atoms with Crippen molar-refractivity contribution in [3.63, 3.8) is 0 Å². The molecule has 0 radical (unpaired) electrons. The van der Waals surface area contributed by atoms with Crippen LogP contribution in [0.3, 0.4) is 0 Å². The van der Waals surface area contributed by atoms with Crippen LogP contribution in [0.25, 0.3) is 22.5 Å². The van der Waals surface area contributed by atoms with E-state index in [0.717, 1.165) is 6.07 Å². The molecule has 0 spiro atoms. The van der Waals surface area contributed by atoms with Crippen molar-refractivity contribution < 1.29 is 22.8 Å². The van der Waals surface area contributed by atoms with Gasteiger partial charge in [-0.25, -0.2) is 0 Å². The zero-order chi connectivity index (χ0) is 23.9. The SMILES string of the molecule is [2H]C([2H])([2H])C([2H])(Cc1cc(-c2cc(C(F)(F)F)[nH]n2)ncc1-c1ccccc1)C([2H])([2H])[2H]. The van der Waals surface area contributed by atoms with Gasteiger partial charge in [-0.3, -0.25) is 10.1 Å². The molecule has 0 saturated heterocycles. The van der Waals surface area contributed by atoms with E-state index >= 15 is 0 Å². The molecule has 130 valence electrons. The smallest absolute Gasteiger partial charge is 0.273 e. The standard InChI is InChI=1S/C19H18F3N3/c1-12(2)8-14-9-16(17-10-18(25-24-17)19(20,21)22)23-11-15(14)13-6-4-3-5-7-13/h3-7,9-12H,8H2,1-2H3,(H,24,25)/i1D3,2D3,12D. The Morgan fingerprint density at radius 2 is 1.92 bits per heavy atom. The van der Waals surface area contributed by atoms with Crippen molar-refractivity contribution in [1.29, 1.82) is 0 Å². The van der Waals surface area contributed by atoms with E-state index in [-0.39, 0.29) is 17.0 Å². The van der Waals surface area contributed by atoms with Gasteiger partial charge in [0.1, 0.15) is 11.4 Å². The number of benzene rings is 1. The molecular formula is C19H18F3N3. The Bertz CT molecular complexity index is 1080. The average Bonchev–Trinajstić information content (AvgIpc) is 3.17. The maximum Gasteiger partial charge on any atom is 0.432 e. The van der Waals surface area contributed by atoms with Gasteiger partial charge < -0.3 is 0 Å². The summed E-state index contributed by atoms with van der Waals surface area (Å²) in [6.45, 7) is -6.32. The van der Waals surface area contributed by atoms with Crippen LogP contribution >= 0.6 is 0 Å². The molecule has 0 saturated carbocycles. The van der Waals surface area contributed by atoms with Gasteiger partial charge in [-0.1, -0.05) is 44.0 Å². The van der Waals surface area contributed by atoms with Crippen molar-refractivity contribution in [3.8, 4) is 22.5 Å². The number of aromatic amines is 1. The number of hydrogen-bond donors (Lipinski definition) is 1. The van der Waals surface area contributed by atoms with E-state index in [4.69, 9.17) is 9.60 Å². The van der Waals surface area contributed by atoms with Crippen LogP contribution in [0.2, 0.25) is 0 Å². The normalized spacial score (nSPS) is 17.5. The van der Waals surface area contributed by atoms with Crippen LogP contribution in [0.15, 0.2) is 48.7 Å². The molecule has 0 amide bonds. The number of nitrogens with one attached hydrogen (secondary N) is 1. The zero-order valence-electron chi connectivity index (χ0n) is 19.9. The maximum absolute atomic E-state index is 12.9. The Balaban J connectivity index is 2.17. The van der Waals surface area contributed by atoms with Gasteiger partial charge in [-0.2, -0.15) is 18.3 Å². The molecule has 2 heterocycles. The van der Waals surface area contributed by atoms with E-state index in [1.807, 2.05) is 5.10 Å². The maximum atomic E-state index is 12.9. The highest BCUT2D eigenvalue weighted by Crippen LogP contribution is 2.32. The molecule has 2 aromatic heterocycles. The van der Waals surface area contributed by atoms with E-state index < -0.39 is 37.9 Å². The van der Waals surface area contributed by atoms with Crippen LogP contribution in [-0.2, 0) is 12.6 Å². The van der Waals surface area contributed by atoms with E-state index in [9.17, 15) is 13.2 Å². The molecule has 3 rings (SSSR count). The average molecular weight is 352 g/mol. The summed E-state index contributed by atoms with van der Waals surface area (Å²) in [5.74, 6) is -2.86. The molecule has 0 bridgehead atoms. The Labute approximate surface area is 153 Å². The minimum absolute atomic E-state index is 0.0233. The first-order valence-corrected chi connectivity index (χ1v) is 7.31. The lowest BCUT2D eigenvalue weighted by molar-refractivity contribution is -0.141. The van der Waals surface area contributed by atoms with Crippen molar-refractivity contribution in [1.82, 2.24) is 15.2 Å². The number of aromatic nitrogens is 3. The van der Waals surface area contributed by atoms with Gasteiger partial charge in [0.15, 0.2) is 0 Å². The molecule has 1 aromatic carbocycles. The molecule has 0 atom stereocenters. The number of nitrogens with zero attached hydrogens (tertiary/aromatic N) is 2. The Morgan fingerprint density at radius 3 is 2.56 bits per heavy atom. The molecular weight excluding hydrogens is 327 g/mol. The van der Waals surface area contributed by atoms with Gasteiger partial charge in [0.25, 0.3) is 0 Å². The van der Waals surface area contributed by atoms with Gasteiger partial charge in [-0.05, 0) is 35.6 Å². The number of halogens is 3. The molecule has 6 heteroatoms. The predicted molar refractivity (Wildman–Crippen MR) is 90.8 cm³/mol. The Morgan fingerprint density at radius 1 is 1.16 bits per heavy atom. The van der Waals surface area contributed by atoms with Crippen molar-refractivity contribution in [3.05, 3.63) is 59.9 Å². The third-order valence-electron chi connectivity index (χ3n) is 3.59. The summed E-state index contributed by atoms with van der Waals surface area (Å²) in [7, 11) is 0. The van der Waals surface area contributed by atoms with Crippen LogP contribution in [0.4, 0.5) is 13.2 Å². The fourth-order valence-electron chi connectivity index (χ4n) is 2.45. The predicted octanol–water partition coefficient (Wildman–Crippen LogP) is 5.36. The molecule has 0 unspecified atom stereocenters. The number of alkyl halides is 3. The van der Waals surface area contributed by atoms with Crippen LogP contribution in [0.5, 0.6) is 0 Å². The third-order valence-corrected chi connectivity index (χ3v) is 3.59. The quantitative estimate of drug-likeness (QED) is 0.687. The molecule has 1 N–H and O–H groups in total. The van der Waals surface area contributed by atoms with Gasteiger partial charge in [0.2, 0.25) is 0 Å². The molecule has 0 fully saturated rings. The van der Waals surface area contributed by atoms with E-state index in [2.05, 4.69) is 10.1 Å². The molecule has 3 aromatic rings. The van der Waals surface area contributed by atoms with Gasteiger partial charge in [0.05, 0.1) is 5.69 Å². The second-order valence-corrected chi connectivity index (χ2v) is 5.41. The first-order chi connectivity index (χ1) is 14.6. The lowest BCUT2D eigenvalue weighted by Gasteiger charge is -2.13. The fraction of sp³-hybridized carbons (Fsp3) is 0.263. The summed E-state index contributed by atoms with van der Waals surface area (Å²) in [5.41, 5.74) is -0.187. The largest absolute Gasteiger partial charge is 0.432 e. The van der Waals surface area contributed by atoms with Crippen LogP contribution in [0, 0.1) is 5.89 Å². The molecule has 0 aliphatic heterocycles. The lowest BCUT2D eigenvalue weighted by atomic mass is 9.94. The van der Waals surface area contributed by atoms with E-state index in [0.29, 0.717) is 11.1 Å². The topological polar surface area (TPSA) is 41.6 Å². The van der Waals surface area contributed by atoms with Gasteiger partial charge in [0, 0.05) is 21.4 Å². The van der Waals surface area contributed by atoms with Gasteiger partial charge in [-0.15, -0.1) is 0 Å². The van der Waals surface area contributed by atoms with Crippen molar-refractivity contribution >= 4 is 0 Å². The lowest BCUT2D eigenvalue weighted by Crippen LogP contribution is -2.04. The second-order valence-electron chi connectivity index (χ2n) is 5.41. The number of hydrogen-bond acceptors (Lipinski definition) is 2. The van der Waals surface area contributed by atoms with Crippen molar-refractivity contribution in [2.75, 3.05) is 0 Å². The Kier molecular flexibility index (Phi) is 2.78. The molecule has 3 nitrogen and oxygen atoms in total. The molecule has 25 heavy (non-hydrogen) atoms. The molecule has 0 aliphatic rings. The highest BCUT2D eigenvalue weighted by atomic mass is 19.4. The first-order valence-electron chi connectivity index (χ1n) is 10.8. The summed E-state index contributed by atoms with van der Waals surface area (Å²) in [5, 5.41) is 5.49. The van der Waals surface area contributed by atoms with Gasteiger partial charge >= 0.3 is 6.18 Å². The van der Waals surface area contributed by atoms with Crippen molar-refractivity contribution in [2.45, 2.75) is 26.3 Å². The summed E-state index contributed by atoms with van der Waals surface area (Å²) in [4.78, 5) is 4.14. The second kappa shape index (κ2) is 6.70. The third kappa shape index (κ3) is 3.90. The first kappa shape index (κ1) is 10.4. The summed E-state index contributed by atoms with van der Waals surface area (Å²) in [6.07, 6.45) is -4.06. The minimum Gasteiger partial charge on any atom is -0.273 e. The summed E-state index contributed by atoms with van der Waals surface area (Å²) in [6, 6.07) is 10.6. The molecule has 0 aliphatic carbocycles. The zero-order valence-corrected chi connectivity index (χ0v) is 12.9. The van der Waals surface area contributed by atoms with Crippen LogP contribution < -0.4 is 0 Å². The number of rotatable bonds is 4. The van der Waals surface area contributed by atoms with Crippen molar-refractivity contribution in [2.24, 2.45) is 5.89 Å². The number of pyridine rings is 1.